The van der Waals surface area contributed by atoms with Gasteiger partial charge in [0.1, 0.15) is 11.3 Å². The third-order valence-corrected chi connectivity index (χ3v) is 4.82. The monoisotopic (exact) mass is 374 g/mol. The molecule has 3 rings (SSSR count). The minimum absolute atomic E-state index is 0.0607. The van der Waals surface area contributed by atoms with Crippen molar-refractivity contribution in [1.82, 2.24) is 20.5 Å². The Balaban J connectivity index is 1.54. The van der Waals surface area contributed by atoms with Gasteiger partial charge in [-0.3, -0.25) is 14.9 Å². The highest BCUT2D eigenvalue weighted by Gasteiger charge is 2.25. The molecule has 0 aliphatic carbocycles. The Bertz CT molecular complexity index is 739. The minimum Gasteiger partial charge on any atom is -0.357 e. The molecule has 0 unspecified atom stereocenters. The van der Waals surface area contributed by atoms with Gasteiger partial charge >= 0.3 is 0 Å². The molecule has 2 aromatic heterocycles. The lowest BCUT2D eigenvalue weighted by molar-refractivity contribution is -0.126. The fourth-order valence-corrected chi connectivity index (χ4v) is 3.32. The van der Waals surface area contributed by atoms with E-state index in [1.807, 2.05) is 19.9 Å². The Morgan fingerprint density at radius 2 is 2.04 bits per heavy atom. The van der Waals surface area contributed by atoms with Crippen LogP contribution in [0.25, 0.3) is 0 Å². The van der Waals surface area contributed by atoms with Gasteiger partial charge in [-0.05, 0) is 38.8 Å². The smallest absolute Gasteiger partial charge is 0.259 e. The molecule has 9 heteroatoms. The standard InChI is InChI=1S/C17H22N6O2S/c1-11(2)20-15(24)12-5-7-23(8-6-12)14-4-3-13(9-18-14)16(25)21-17-22-19-10-26-17/h3-4,9-12H,5-8H2,1-2H3,(H,20,24)(H,21,22,25). The quantitative estimate of drug-likeness (QED) is 0.829. The Kier molecular flexibility index (Phi) is 5.77. The first-order valence-corrected chi connectivity index (χ1v) is 9.50. The molecule has 1 aliphatic heterocycles. The molecule has 0 bridgehead atoms. The maximum Gasteiger partial charge on any atom is 0.259 e. The van der Waals surface area contributed by atoms with Crippen LogP contribution in [0.2, 0.25) is 0 Å². The van der Waals surface area contributed by atoms with Gasteiger partial charge in [0.25, 0.3) is 5.91 Å². The van der Waals surface area contributed by atoms with E-state index in [2.05, 4.69) is 30.7 Å². The van der Waals surface area contributed by atoms with E-state index in [0.29, 0.717) is 10.7 Å². The number of carbonyl (C=O) groups is 2. The molecule has 0 saturated carbocycles. The summed E-state index contributed by atoms with van der Waals surface area (Å²) in [5.41, 5.74) is 2.03. The number of hydrogen-bond acceptors (Lipinski definition) is 7. The van der Waals surface area contributed by atoms with Crippen molar-refractivity contribution in [3.8, 4) is 0 Å². The average Bonchev–Trinajstić information content (AvgIpc) is 3.14. The molecule has 1 saturated heterocycles. The predicted molar refractivity (Wildman–Crippen MR) is 100 cm³/mol. The number of hydrogen-bond donors (Lipinski definition) is 2. The van der Waals surface area contributed by atoms with Crippen molar-refractivity contribution in [2.45, 2.75) is 32.7 Å². The van der Waals surface area contributed by atoms with Crippen LogP contribution in [-0.2, 0) is 4.79 Å². The molecular formula is C17H22N6O2S. The van der Waals surface area contributed by atoms with Crippen LogP contribution in [0.3, 0.4) is 0 Å². The first-order chi connectivity index (χ1) is 12.5. The van der Waals surface area contributed by atoms with Crippen molar-refractivity contribution < 1.29 is 9.59 Å². The van der Waals surface area contributed by atoms with E-state index < -0.39 is 0 Å². The number of carbonyl (C=O) groups excluding carboxylic acids is 2. The zero-order valence-corrected chi connectivity index (χ0v) is 15.6. The molecule has 0 aromatic carbocycles. The molecule has 26 heavy (non-hydrogen) atoms. The molecule has 8 nitrogen and oxygen atoms in total. The minimum atomic E-state index is -0.259. The zero-order valence-electron chi connectivity index (χ0n) is 14.8. The molecule has 0 atom stereocenters. The summed E-state index contributed by atoms with van der Waals surface area (Å²) in [5, 5.41) is 13.6. The predicted octanol–water partition coefficient (Wildman–Crippen LogP) is 1.93. The number of aromatic nitrogens is 3. The Labute approximate surface area is 156 Å². The average molecular weight is 374 g/mol. The van der Waals surface area contributed by atoms with Crippen molar-refractivity contribution in [2.75, 3.05) is 23.3 Å². The van der Waals surface area contributed by atoms with Crippen molar-refractivity contribution in [1.29, 1.82) is 0 Å². The highest BCUT2D eigenvalue weighted by molar-refractivity contribution is 7.13. The summed E-state index contributed by atoms with van der Waals surface area (Å²) in [6, 6.07) is 3.75. The summed E-state index contributed by atoms with van der Waals surface area (Å²) in [6.07, 6.45) is 3.17. The first-order valence-electron chi connectivity index (χ1n) is 8.62. The van der Waals surface area contributed by atoms with E-state index in [1.54, 1.807) is 17.8 Å². The number of anilines is 2. The highest BCUT2D eigenvalue weighted by atomic mass is 32.1. The van der Waals surface area contributed by atoms with Crippen molar-refractivity contribution in [3.63, 3.8) is 0 Å². The van der Waals surface area contributed by atoms with Gasteiger partial charge in [0.2, 0.25) is 11.0 Å². The van der Waals surface area contributed by atoms with Gasteiger partial charge in [-0.2, -0.15) is 0 Å². The van der Waals surface area contributed by atoms with E-state index in [9.17, 15) is 9.59 Å². The van der Waals surface area contributed by atoms with Crippen LogP contribution >= 0.6 is 11.3 Å². The Morgan fingerprint density at radius 1 is 1.27 bits per heavy atom. The van der Waals surface area contributed by atoms with Crippen molar-refractivity contribution >= 4 is 34.1 Å². The van der Waals surface area contributed by atoms with E-state index in [4.69, 9.17) is 0 Å². The molecule has 2 amide bonds. The maximum atomic E-state index is 12.1. The number of pyridine rings is 1. The second-order valence-electron chi connectivity index (χ2n) is 6.53. The van der Waals surface area contributed by atoms with Crippen LogP contribution in [0.4, 0.5) is 10.9 Å². The molecule has 1 fully saturated rings. The summed E-state index contributed by atoms with van der Waals surface area (Å²) in [7, 11) is 0. The van der Waals surface area contributed by atoms with Crippen molar-refractivity contribution in [3.05, 3.63) is 29.4 Å². The molecule has 2 N–H and O–H groups in total. The van der Waals surface area contributed by atoms with Gasteiger partial charge in [0.05, 0.1) is 5.56 Å². The lowest BCUT2D eigenvalue weighted by atomic mass is 9.95. The third-order valence-electron chi connectivity index (χ3n) is 4.21. The zero-order chi connectivity index (χ0) is 18.5. The molecule has 2 aromatic rings. The maximum absolute atomic E-state index is 12.1. The molecule has 138 valence electrons. The second-order valence-corrected chi connectivity index (χ2v) is 7.36. The normalized spacial score (nSPS) is 15.1. The SMILES string of the molecule is CC(C)NC(=O)C1CCN(c2ccc(C(=O)Nc3nncs3)cn2)CC1. The lowest BCUT2D eigenvalue weighted by Gasteiger charge is -2.32. The molecule has 3 heterocycles. The second kappa shape index (κ2) is 8.22. The summed E-state index contributed by atoms with van der Waals surface area (Å²) in [5.74, 6) is 0.756. The van der Waals surface area contributed by atoms with Gasteiger partial charge in [-0.1, -0.05) is 11.3 Å². The number of amides is 2. The number of piperidine rings is 1. The largest absolute Gasteiger partial charge is 0.357 e. The van der Waals surface area contributed by atoms with Crippen LogP contribution in [0.1, 0.15) is 37.0 Å². The van der Waals surface area contributed by atoms with Crippen LogP contribution < -0.4 is 15.5 Å². The third kappa shape index (κ3) is 4.54. The lowest BCUT2D eigenvalue weighted by Crippen LogP contribution is -2.42. The van der Waals surface area contributed by atoms with Gasteiger partial charge in [0, 0.05) is 31.2 Å². The fourth-order valence-electron chi connectivity index (χ4n) is 2.88. The van der Waals surface area contributed by atoms with Crippen LogP contribution in [0.15, 0.2) is 23.8 Å². The molecule has 0 radical (unpaired) electrons. The van der Waals surface area contributed by atoms with E-state index >= 15 is 0 Å². The first kappa shape index (κ1) is 18.2. The molecular weight excluding hydrogens is 352 g/mol. The van der Waals surface area contributed by atoms with Gasteiger partial charge in [-0.15, -0.1) is 10.2 Å². The van der Waals surface area contributed by atoms with Gasteiger partial charge in [0.15, 0.2) is 0 Å². The molecule has 1 aliphatic rings. The van der Waals surface area contributed by atoms with Crippen LogP contribution in [0.5, 0.6) is 0 Å². The van der Waals surface area contributed by atoms with Gasteiger partial charge in [-0.25, -0.2) is 4.98 Å². The highest BCUT2D eigenvalue weighted by Crippen LogP contribution is 2.22. The fraction of sp³-hybridized carbons (Fsp3) is 0.471. The van der Waals surface area contributed by atoms with E-state index in [0.717, 1.165) is 31.7 Å². The van der Waals surface area contributed by atoms with Crippen molar-refractivity contribution in [2.24, 2.45) is 5.92 Å². The summed E-state index contributed by atoms with van der Waals surface area (Å²) < 4.78 is 0. The van der Waals surface area contributed by atoms with Gasteiger partial charge < -0.3 is 10.2 Å². The number of nitrogens with one attached hydrogen (secondary N) is 2. The topological polar surface area (TPSA) is 100 Å². The summed E-state index contributed by atoms with van der Waals surface area (Å²) in [6.45, 7) is 5.50. The summed E-state index contributed by atoms with van der Waals surface area (Å²) in [4.78, 5) is 30.8. The Morgan fingerprint density at radius 3 is 2.62 bits per heavy atom. The summed E-state index contributed by atoms with van der Waals surface area (Å²) >= 11 is 1.26. The number of rotatable bonds is 5. The van der Waals surface area contributed by atoms with Crippen LogP contribution in [0, 0.1) is 5.92 Å². The molecule has 0 spiro atoms. The number of nitrogens with zero attached hydrogens (tertiary/aromatic N) is 4. The van der Waals surface area contributed by atoms with E-state index in [-0.39, 0.29) is 23.8 Å². The Hall–Kier alpha value is -2.55. The van der Waals surface area contributed by atoms with Crippen LogP contribution in [-0.4, -0.2) is 46.1 Å². The van der Waals surface area contributed by atoms with E-state index in [1.165, 1.54) is 11.3 Å².